The highest BCUT2D eigenvalue weighted by atomic mass is 16.1. The minimum atomic E-state index is -0.605. The van der Waals surface area contributed by atoms with Crippen LogP contribution in [0.15, 0.2) is 54.6 Å². The smallest absolute Gasteiger partial charge is 0.160 e. The average molecular weight is 279 g/mol. The summed E-state index contributed by atoms with van der Waals surface area (Å²) in [7, 11) is 1.88. The summed E-state index contributed by atoms with van der Waals surface area (Å²) >= 11 is 0. The molecule has 0 spiro atoms. The Morgan fingerprint density at radius 2 is 1.81 bits per heavy atom. The highest BCUT2D eigenvalue weighted by Crippen LogP contribution is 2.20. The number of para-hydroxylation sites is 1. The standard InChI is InChI=1S/C17H17N3O/c1-20-15-10-6-5-9-13(15)14(19-20)11-16(21)17(18)12-7-3-2-4-8-12/h2-10,17H,11,18H2,1H3/t17-/m1/s1. The fourth-order valence-corrected chi connectivity index (χ4v) is 2.54. The number of hydrogen-bond donors (Lipinski definition) is 1. The largest absolute Gasteiger partial charge is 0.318 e. The zero-order valence-electron chi connectivity index (χ0n) is 11.9. The maximum absolute atomic E-state index is 12.4. The quantitative estimate of drug-likeness (QED) is 0.797. The van der Waals surface area contributed by atoms with Crippen LogP contribution in [0, 0.1) is 0 Å². The Bertz CT molecular complexity index is 777. The van der Waals surface area contributed by atoms with Gasteiger partial charge in [0.05, 0.1) is 23.7 Å². The number of rotatable bonds is 4. The molecule has 0 amide bonds. The molecule has 2 aromatic carbocycles. The number of nitrogens with zero attached hydrogens (tertiary/aromatic N) is 2. The molecule has 0 radical (unpaired) electrons. The lowest BCUT2D eigenvalue weighted by Crippen LogP contribution is -2.23. The molecule has 0 bridgehead atoms. The Hall–Kier alpha value is -2.46. The van der Waals surface area contributed by atoms with Gasteiger partial charge in [-0.1, -0.05) is 48.5 Å². The van der Waals surface area contributed by atoms with Gasteiger partial charge in [-0.3, -0.25) is 9.48 Å². The van der Waals surface area contributed by atoms with Crippen molar-refractivity contribution in [3.05, 3.63) is 65.9 Å². The first-order valence-corrected chi connectivity index (χ1v) is 6.90. The first-order chi connectivity index (χ1) is 10.2. The Kier molecular flexibility index (Phi) is 3.54. The van der Waals surface area contributed by atoms with Gasteiger partial charge < -0.3 is 5.73 Å². The predicted octanol–water partition coefficient (Wildman–Crippen LogP) is 2.38. The summed E-state index contributed by atoms with van der Waals surface area (Å²) in [5.74, 6) is -0.0231. The second-order valence-corrected chi connectivity index (χ2v) is 5.12. The molecule has 0 aliphatic rings. The van der Waals surface area contributed by atoms with E-state index in [4.69, 9.17) is 5.73 Å². The van der Waals surface area contributed by atoms with Gasteiger partial charge in [-0.15, -0.1) is 0 Å². The van der Waals surface area contributed by atoms with E-state index in [1.807, 2.05) is 61.6 Å². The number of carbonyl (C=O) groups is 1. The van der Waals surface area contributed by atoms with Crippen LogP contribution >= 0.6 is 0 Å². The first-order valence-electron chi connectivity index (χ1n) is 6.90. The van der Waals surface area contributed by atoms with Crippen LogP contribution in [0.1, 0.15) is 17.3 Å². The van der Waals surface area contributed by atoms with E-state index in [-0.39, 0.29) is 12.2 Å². The van der Waals surface area contributed by atoms with Crippen LogP contribution in [0.5, 0.6) is 0 Å². The highest BCUT2D eigenvalue weighted by molar-refractivity contribution is 5.91. The third kappa shape index (κ3) is 2.58. The lowest BCUT2D eigenvalue weighted by molar-refractivity contribution is -0.119. The zero-order valence-corrected chi connectivity index (χ0v) is 11.9. The van der Waals surface area contributed by atoms with E-state index in [2.05, 4.69) is 5.10 Å². The molecule has 0 unspecified atom stereocenters. The molecule has 1 heterocycles. The maximum Gasteiger partial charge on any atom is 0.160 e. The maximum atomic E-state index is 12.4. The lowest BCUT2D eigenvalue weighted by Gasteiger charge is -2.09. The average Bonchev–Trinajstić information content (AvgIpc) is 2.84. The molecule has 0 aliphatic carbocycles. The molecule has 106 valence electrons. The van der Waals surface area contributed by atoms with Crippen LogP contribution in [0.2, 0.25) is 0 Å². The van der Waals surface area contributed by atoms with Crippen molar-refractivity contribution < 1.29 is 4.79 Å². The molecular formula is C17H17N3O. The van der Waals surface area contributed by atoms with Crippen molar-refractivity contribution in [3.8, 4) is 0 Å². The van der Waals surface area contributed by atoms with Crippen LogP contribution < -0.4 is 5.73 Å². The number of aryl methyl sites for hydroxylation is 1. The zero-order chi connectivity index (χ0) is 14.8. The van der Waals surface area contributed by atoms with Crippen LogP contribution in [-0.2, 0) is 18.3 Å². The lowest BCUT2D eigenvalue weighted by atomic mass is 9.99. The third-order valence-corrected chi connectivity index (χ3v) is 3.68. The van der Waals surface area contributed by atoms with Crippen molar-refractivity contribution in [1.29, 1.82) is 0 Å². The number of ketones is 1. The van der Waals surface area contributed by atoms with E-state index in [1.54, 1.807) is 4.68 Å². The summed E-state index contributed by atoms with van der Waals surface area (Å²) in [5, 5.41) is 5.45. The van der Waals surface area contributed by atoms with Crippen LogP contribution in [0.25, 0.3) is 10.9 Å². The highest BCUT2D eigenvalue weighted by Gasteiger charge is 2.19. The number of carbonyl (C=O) groups excluding carboxylic acids is 1. The Balaban J connectivity index is 1.87. The van der Waals surface area contributed by atoms with Crippen molar-refractivity contribution in [3.63, 3.8) is 0 Å². The summed E-state index contributed by atoms with van der Waals surface area (Å²) in [5.41, 5.74) is 8.69. The SMILES string of the molecule is Cn1nc(CC(=O)[C@H](N)c2ccccc2)c2ccccc21. The Labute approximate surface area is 123 Å². The second kappa shape index (κ2) is 5.50. The van der Waals surface area contributed by atoms with Gasteiger partial charge in [0, 0.05) is 12.4 Å². The van der Waals surface area contributed by atoms with Gasteiger partial charge in [-0.05, 0) is 11.6 Å². The van der Waals surface area contributed by atoms with Gasteiger partial charge in [-0.25, -0.2) is 0 Å². The summed E-state index contributed by atoms with van der Waals surface area (Å²) < 4.78 is 1.80. The van der Waals surface area contributed by atoms with Crippen molar-refractivity contribution >= 4 is 16.7 Å². The molecule has 4 nitrogen and oxygen atoms in total. The summed E-state index contributed by atoms with van der Waals surface area (Å²) in [6.45, 7) is 0. The van der Waals surface area contributed by atoms with Gasteiger partial charge in [0.2, 0.25) is 0 Å². The van der Waals surface area contributed by atoms with E-state index in [1.165, 1.54) is 0 Å². The molecule has 1 aromatic heterocycles. The number of benzene rings is 2. The molecule has 3 rings (SSSR count). The predicted molar refractivity (Wildman–Crippen MR) is 82.8 cm³/mol. The van der Waals surface area contributed by atoms with E-state index >= 15 is 0 Å². The monoisotopic (exact) mass is 279 g/mol. The molecule has 1 atom stereocenters. The van der Waals surface area contributed by atoms with Crippen LogP contribution in [0.4, 0.5) is 0 Å². The summed E-state index contributed by atoms with van der Waals surface area (Å²) in [4.78, 5) is 12.4. The molecule has 4 heteroatoms. The molecule has 0 saturated heterocycles. The molecular weight excluding hydrogens is 262 g/mol. The van der Waals surface area contributed by atoms with Crippen molar-refractivity contribution in [2.75, 3.05) is 0 Å². The van der Waals surface area contributed by atoms with E-state index in [0.717, 1.165) is 22.2 Å². The Morgan fingerprint density at radius 1 is 1.14 bits per heavy atom. The fraction of sp³-hybridized carbons (Fsp3) is 0.176. The van der Waals surface area contributed by atoms with E-state index in [0.29, 0.717) is 0 Å². The number of hydrogen-bond acceptors (Lipinski definition) is 3. The van der Waals surface area contributed by atoms with Gasteiger partial charge in [-0.2, -0.15) is 5.10 Å². The first kappa shape index (κ1) is 13.5. The molecule has 2 N–H and O–H groups in total. The molecule has 0 saturated carbocycles. The molecule has 21 heavy (non-hydrogen) atoms. The van der Waals surface area contributed by atoms with E-state index in [9.17, 15) is 4.79 Å². The summed E-state index contributed by atoms with van der Waals surface area (Å²) in [6, 6.07) is 16.7. The van der Waals surface area contributed by atoms with Gasteiger partial charge in [0.25, 0.3) is 0 Å². The number of aromatic nitrogens is 2. The van der Waals surface area contributed by atoms with Gasteiger partial charge in [0.15, 0.2) is 5.78 Å². The third-order valence-electron chi connectivity index (χ3n) is 3.68. The van der Waals surface area contributed by atoms with Crippen molar-refractivity contribution in [2.24, 2.45) is 12.8 Å². The minimum absolute atomic E-state index is 0.0231. The number of Topliss-reactive ketones (excluding diaryl/α,β-unsaturated/α-hetero) is 1. The molecule has 0 fully saturated rings. The van der Waals surface area contributed by atoms with Crippen LogP contribution in [0.3, 0.4) is 0 Å². The van der Waals surface area contributed by atoms with Crippen molar-refractivity contribution in [1.82, 2.24) is 9.78 Å². The van der Waals surface area contributed by atoms with Crippen molar-refractivity contribution in [2.45, 2.75) is 12.5 Å². The normalized spacial score (nSPS) is 12.5. The topological polar surface area (TPSA) is 60.9 Å². The van der Waals surface area contributed by atoms with E-state index < -0.39 is 6.04 Å². The number of fused-ring (bicyclic) bond motifs is 1. The second-order valence-electron chi connectivity index (χ2n) is 5.12. The van der Waals surface area contributed by atoms with Gasteiger partial charge >= 0.3 is 0 Å². The molecule has 0 aliphatic heterocycles. The molecule has 3 aromatic rings. The van der Waals surface area contributed by atoms with Gasteiger partial charge in [0.1, 0.15) is 0 Å². The summed E-state index contributed by atoms with van der Waals surface area (Å²) in [6.07, 6.45) is 0.247. The Morgan fingerprint density at radius 3 is 2.57 bits per heavy atom. The van der Waals surface area contributed by atoms with Crippen LogP contribution in [-0.4, -0.2) is 15.6 Å². The fourth-order valence-electron chi connectivity index (χ4n) is 2.54. The number of nitrogens with two attached hydrogens (primary N) is 1. The minimum Gasteiger partial charge on any atom is -0.318 e.